The number of aromatic nitrogens is 4. The number of likely N-dealkylation sites (tertiary alicyclic amines) is 1. The third kappa shape index (κ3) is 4.83. The molecule has 1 amide bonds. The van der Waals surface area contributed by atoms with Crippen molar-refractivity contribution in [2.24, 2.45) is 5.92 Å². The number of amides is 1. The molecule has 1 aliphatic carbocycles. The highest BCUT2D eigenvalue weighted by atomic mass is 19.4. The Morgan fingerprint density at radius 3 is 2.74 bits per heavy atom. The smallest absolute Gasteiger partial charge is 0.408 e. The number of para-hydroxylation sites is 1. The van der Waals surface area contributed by atoms with Crippen molar-refractivity contribution < 1.29 is 27.8 Å². The van der Waals surface area contributed by atoms with Crippen LogP contribution in [0.2, 0.25) is 0 Å². The SMILES string of the molecule is O=C(O)N[C@H]1CCN(C(c2ccc3nnc(-c4ccc5cccc(OCC6CC6)c5n4)n3c2)C(F)(F)F)C1. The summed E-state index contributed by atoms with van der Waals surface area (Å²) < 4.78 is 50.4. The second kappa shape index (κ2) is 9.43. The summed E-state index contributed by atoms with van der Waals surface area (Å²) in [4.78, 5) is 17.0. The Morgan fingerprint density at radius 1 is 1.13 bits per heavy atom. The predicted molar refractivity (Wildman–Crippen MR) is 132 cm³/mol. The molecule has 38 heavy (non-hydrogen) atoms. The first kappa shape index (κ1) is 24.4. The Hall–Kier alpha value is -3.93. The quantitative estimate of drug-likeness (QED) is 0.360. The van der Waals surface area contributed by atoms with E-state index in [4.69, 9.17) is 14.8 Å². The van der Waals surface area contributed by atoms with Gasteiger partial charge in [-0.15, -0.1) is 10.2 Å². The number of fused-ring (bicyclic) bond motifs is 2. The normalized spacial score (nSPS) is 19.2. The number of hydrogen-bond acceptors (Lipinski definition) is 6. The van der Waals surface area contributed by atoms with E-state index in [-0.39, 0.29) is 18.7 Å². The molecule has 3 aromatic heterocycles. The summed E-state index contributed by atoms with van der Waals surface area (Å²) in [6.07, 6.45) is -1.82. The van der Waals surface area contributed by atoms with Crippen molar-refractivity contribution in [1.82, 2.24) is 29.8 Å². The zero-order valence-electron chi connectivity index (χ0n) is 20.2. The van der Waals surface area contributed by atoms with Gasteiger partial charge < -0.3 is 15.2 Å². The van der Waals surface area contributed by atoms with Gasteiger partial charge in [0.05, 0.1) is 6.61 Å². The molecule has 4 heterocycles. The Labute approximate surface area is 215 Å². The lowest BCUT2D eigenvalue weighted by molar-refractivity contribution is -0.184. The van der Waals surface area contributed by atoms with Gasteiger partial charge in [0.25, 0.3) is 0 Å². The lowest BCUT2D eigenvalue weighted by Crippen LogP contribution is -2.40. The third-order valence-electron chi connectivity index (χ3n) is 7.05. The molecule has 12 heteroatoms. The van der Waals surface area contributed by atoms with E-state index < -0.39 is 24.4 Å². The summed E-state index contributed by atoms with van der Waals surface area (Å²) in [5.41, 5.74) is 1.51. The van der Waals surface area contributed by atoms with Crippen LogP contribution in [-0.2, 0) is 0 Å². The van der Waals surface area contributed by atoms with Crippen LogP contribution < -0.4 is 10.1 Å². The predicted octanol–water partition coefficient (Wildman–Crippen LogP) is 4.68. The highest BCUT2D eigenvalue weighted by Gasteiger charge is 2.47. The van der Waals surface area contributed by atoms with E-state index in [1.54, 1.807) is 6.07 Å². The molecule has 1 aliphatic heterocycles. The van der Waals surface area contributed by atoms with E-state index >= 15 is 0 Å². The number of halogens is 3. The summed E-state index contributed by atoms with van der Waals surface area (Å²) >= 11 is 0. The van der Waals surface area contributed by atoms with Gasteiger partial charge in [-0.05, 0) is 48.9 Å². The lowest BCUT2D eigenvalue weighted by Gasteiger charge is -2.30. The van der Waals surface area contributed by atoms with Crippen molar-refractivity contribution in [1.29, 1.82) is 0 Å². The zero-order chi connectivity index (χ0) is 26.4. The van der Waals surface area contributed by atoms with Gasteiger partial charge in [-0.3, -0.25) is 9.30 Å². The van der Waals surface area contributed by atoms with Gasteiger partial charge in [-0.1, -0.05) is 24.3 Å². The summed E-state index contributed by atoms with van der Waals surface area (Å²) in [5.74, 6) is 1.54. The standard InChI is InChI=1S/C26H25F3N6O3/c27-26(28,29)23(34-11-10-18(13-34)30-25(36)37)17-7-9-21-32-33-24(35(21)12-17)19-8-6-16-2-1-3-20(22(16)31-19)38-14-15-4-5-15/h1-3,6-9,12,15,18,23,30H,4-5,10-11,13-14H2,(H,36,37)/t18-,23?/m0/s1. The number of rotatable bonds is 7. The number of carboxylic acid groups (broad SMARTS) is 1. The van der Waals surface area contributed by atoms with E-state index in [2.05, 4.69) is 15.5 Å². The van der Waals surface area contributed by atoms with Gasteiger partial charge in [-0.2, -0.15) is 13.2 Å². The first-order valence-electron chi connectivity index (χ1n) is 12.4. The molecule has 1 unspecified atom stereocenters. The van der Waals surface area contributed by atoms with Crippen molar-refractivity contribution in [3.63, 3.8) is 0 Å². The van der Waals surface area contributed by atoms with Crippen molar-refractivity contribution in [3.05, 3.63) is 54.2 Å². The Balaban J connectivity index is 1.36. The van der Waals surface area contributed by atoms with Crippen LogP contribution in [0.1, 0.15) is 30.9 Å². The number of benzene rings is 1. The molecule has 9 nitrogen and oxygen atoms in total. The molecule has 0 spiro atoms. The average Bonchev–Trinajstić information content (AvgIpc) is 3.45. The molecule has 0 bridgehead atoms. The van der Waals surface area contributed by atoms with Crippen LogP contribution in [0.25, 0.3) is 28.1 Å². The molecule has 198 valence electrons. The second-order valence-electron chi connectivity index (χ2n) is 9.87. The van der Waals surface area contributed by atoms with E-state index in [1.807, 2.05) is 24.3 Å². The first-order chi connectivity index (χ1) is 18.3. The van der Waals surface area contributed by atoms with Gasteiger partial charge in [-0.25, -0.2) is 9.78 Å². The van der Waals surface area contributed by atoms with E-state index in [0.717, 1.165) is 18.2 Å². The largest absolute Gasteiger partial charge is 0.491 e. The van der Waals surface area contributed by atoms with Crippen LogP contribution in [0.5, 0.6) is 5.75 Å². The van der Waals surface area contributed by atoms with Crippen LogP contribution in [0.15, 0.2) is 48.7 Å². The molecule has 4 aromatic rings. The number of pyridine rings is 2. The van der Waals surface area contributed by atoms with Crippen molar-refractivity contribution in [2.75, 3.05) is 19.7 Å². The molecule has 1 saturated heterocycles. The lowest BCUT2D eigenvalue weighted by atomic mass is 10.1. The van der Waals surface area contributed by atoms with E-state index in [0.29, 0.717) is 47.4 Å². The van der Waals surface area contributed by atoms with Gasteiger partial charge in [0.2, 0.25) is 0 Å². The zero-order valence-corrected chi connectivity index (χ0v) is 20.2. The fourth-order valence-corrected chi connectivity index (χ4v) is 5.02. The minimum absolute atomic E-state index is 0.0104. The molecule has 2 aliphatic rings. The van der Waals surface area contributed by atoms with Crippen molar-refractivity contribution in [3.8, 4) is 17.3 Å². The molecular formula is C26H25F3N6O3. The maximum Gasteiger partial charge on any atom is 0.408 e. The van der Waals surface area contributed by atoms with Crippen LogP contribution in [0.4, 0.5) is 18.0 Å². The number of nitrogens with one attached hydrogen (secondary N) is 1. The minimum atomic E-state index is -4.57. The molecule has 1 aromatic carbocycles. The molecule has 2 N–H and O–H groups in total. The first-order valence-corrected chi connectivity index (χ1v) is 12.4. The Bertz CT molecular complexity index is 1500. The van der Waals surface area contributed by atoms with Crippen LogP contribution >= 0.6 is 0 Å². The molecule has 0 radical (unpaired) electrons. The molecule has 2 fully saturated rings. The van der Waals surface area contributed by atoms with Crippen LogP contribution in [-0.4, -0.2) is 67.6 Å². The minimum Gasteiger partial charge on any atom is -0.491 e. The average molecular weight is 527 g/mol. The number of nitrogens with zero attached hydrogens (tertiary/aromatic N) is 5. The number of ether oxygens (including phenoxy) is 1. The highest BCUT2D eigenvalue weighted by Crippen LogP contribution is 2.40. The molecule has 2 atom stereocenters. The van der Waals surface area contributed by atoms with E-state index in [1.165, 1.54) is 27.6 Å². The molecule has 1 saturated carbocycles. The maximum absolute atomic E-state index is 14.3. The summed E-state index contributed by atoms with van der Waals surface area (Å²) in [6, 6.07) is 9.74. The number of alkyl halides is 3. The van der Waals surface area contributed by atoms with Gasteiger partial charge >= 0.3 is 12.3 Å². The van der Waals surface area contributed by atoms with Gasteiger partial charge in [0.1, 0.15) is 23.0 Å². The van der Waals surface area contributed by atoms with Crippen molar-refractivity contribution >= 4 is 22.6 Å². The topological polar surface area (TPSA) is 105 Å². The van der Waals surface area contributed by atoms with Crippen molar-refractivity contribution in [2.45, 2.75) is 37.5 Å². The number of carbonyl (C=O) groups is 1. The fraction of sp³-hybridized carbons (Fsp3) is 0.385. The Kier molecular flexibility index (Phi) is 6.05. The molecular weight excluding hydrogens is 501 g/mol. The monoisotopic (exact) mass is 526 g/mol. The molecule has 6 rings (SSSR count). The highest BCUT2D eigenvalue weighted by molar-refractivity contribution is 5.86. The van der Waals surface area contributed by atoms with Crippen LogP contribution in [0, 0.1) is 5.92 Å². The second-order valence-corrected chi connectivity index (χ2v) is 9.87. The Morgan fingerprint density at radius 2 is 1.97 bits per heavy atom. The summed E-state index contributed by atoms with van der Waals surface area (Å²) in [5, 5.41) is 20.5. The van der Waals surface area contributed by atoms with Gasteiger partial charge in [0.15, 0.2) is 11.5 Å². The summed E-state index contributed by atoms with van der Waals surface area (Å²) in [6.45, 7) is 0.692. The van der Waals surface area contributed by atoms with E-state index in [9.17, 15) is 18.0 Å². The number of hydrogen-bond donors (Lipinski definition) is 2. The summed E-state index contributed by atoms with van der Waals surface area (Å²) in [7, 11) is 0. The maximum atomic E-state index is 14.3. The third-order valence-corrected chi connectivity index (χ3v) is 7.05. The van der Waals surface area contributed by atoms with Gasteiger partial charge in [0, 0.05) is 30.7 Å². The fourth-order valence-electron chi connectivity index (χ4n) is 5.02. The van der Waals surface area contributed by atoms with Crippen LogP contribution in [0.3, 0.4) is 0 Å².